The first-order valence-corrected chi connectivity index (χ1v) is 8.75. The molecular formula is C22H24ClNO2. The lowest BCUT2D eigenvalue weighted by atomic mass is 9.88. The number of benzene rings is 3. The van der Waals surface area contributed by atoms with Gasteiger partial charge in [-0.15, -0.1) is 12.4 Å². The topological polar surface area (TPSA) is 30.5 Å². The highest BCUT2D eigenvalue weighted by Crippen LogP contribution is 2.36. The van der Waals surface area contributed by atoms with Gasteiger partial charge >= 0.3 is 0 Å². The molecule has 0 saturated carbocycles. The van der Waals surface area contributed by atoms with Crippen LogP contribution in [0.5, 0.6) is 11.5 Å². The molecule has 0 aliphatic carbocycles. The Morgan fingerprint density at radius 2 is 1.69 bits per heavy atom. The van der Waals surface area contributed by atoms with Gasteiger partial charge in [-0.1, -0.05) is 42.5 Å². The second kappa shape index (κ2) is 7.98. The quantitative estimate of drug-likeness (QED) is 0.722. The maximum atomic E-state index is 5.52. The van der Waals surface area contributed by atoms with Crippen LogP contribution in [0.4, 0.5) is 0 Å². The second-order valence-corrected chi connectivity index (χ2v) is 6.51. The molecule has 4 rings (SSSR count). The van der Waals surface area contributed by atoms with Crippen LogP contribution in [-0.2, 0) is 12.8 Å². The molecule has 3 aromatic rings. The average molecular weight is 370 g/mol. The van der Waals surface area contributed by atoms with E-state index in [0.29, 0.717) is 0 Å². The number of hydrogen-bond donors (Lipinski definition) is 1. The Bertz CT molecular complexity index is 905. The Kier molecular flexibility index (Phi) is 5.70. The van der Waals surface area contributed by atoms with Gasteiger partial charge in [0.25, 0.3) is 0 Å². The zero-order chi connectivity index (χ0) is 17.2. The molecule has 0 unspecified atom stereocenters. The lowest BCUT2D eigenvalue weighted by molar-refractivity contribution is 0.352. The molecule has 1 atom stereocenters. The fourth-order valence-corrected chi connectivity index (χ4v) is 3.84. The Labute approximate surface area is 160 Å². The molecule has 4 heteroatoms. The van der Waals surface area contributed by atoms with Crippen LogP contribution in [0.15, 0.2) is 54.6 Å². The maximum Gasteiger partial charge on any atom is 0.161 e. The van der Waals surface area contributed by atoms with Crippen molar-refractivity contribution in [3.05, 3.63) is 71.3 Å². The minimum atomic E-state index is 0. The lowest BCUT2D eigenvalue weighted by Crippen LogP contribution is -2.31. The van der Waals surface area contributed by atoms with Crippen LogP contribution in [-0.4, -0.2) is 20.8 Å². The SMILES string of the molecule is COc1cc2c(cc1OC)[C@H](Cc1cccc3ccccc13)NCC2.Cl. The van der Waals surface area contributed by atoms with Crippen LogP contribution in [0.1, 0.15) is 22.7 Å². The van der Waals surface area contributed by atoms with Crippen LogP contribution in [0.25, 0.3) is 10.8 Å². The summed E-state index contributed by atoms with van der Waals surface area (Å²) in [5, 5.41) is 6.31. The minimum Gasteiger partial charge on any atom is -0.493 e. The average Bonchev–Trinajstić information content (AvgIpc) is 2.67. The first-order valence-electron chi connectivity index (χ1n) is 8.75. The largest absolute Gasteiger partial charge is 0.493 e. The molecule has 0 bridgehead atoms. The number of hydrogen-bond acceptors (Lipinski definition) is 3. The molecule has 0 saturated heterocycles. The van der Waals surface area contributed by atoms with E-state index in [1.54, 1.807) is 14.2 Å². The molecule has 0 spiro atoms. The van der Waals surface area contributed by atoms with Crippen molar-refractivity contribution in [1.29, 1.82) is 0 Å². The maximum absolute atomic E-state index is 5.52. The number of methoxy groups -OCH3 is 2. The predicted octanol–water partition coefficient (Wildman–Crippen LogP) is 4.71. The first kappa shape index (κ1) is 18.6. The van der Waals surface area contributed by atoms with Gasteiger partial charge in [-0.05, 0) is 59.0 Å². The number of rotatable bonds is 4. The molecule has 1 heterocycles. The first-order chi connectivity index (χ1) is 12.3. The highest BCUT2D eigenvalue weighted by molar-refractivity contribution is 5.86. The molecule has 0 radical (unpaired) electrons. The monoisotopic (exact) mass is 369 g/mol. The second-order valence-electron chi connectivity index (χ2n) is 6.51. The summed E-state index contributed by atoms with van der Waals surface area (Å²) in [4.78, 5) is 0. The van der Waals surface area contributed by atoms with Crippen LogP contribution >= 0.6 is 12.4 Å². The molecule has 0 fully saturated rings. The van der Waals surface area contributed by atoms with Crippen LogP contribution in [0.2, 0.25) is 0 Å². The standard InChI is InChI=1S/C22H23NO2.ClH/c1-24-21-13-17-10-11-23-20(19(17)14-22(21)25-2)12-16-8-5-7-15-6-3-4-9-18(15)16;/h3-9,13-14,20,23H,10-12H2,1-2H3;1H/t20-;/m0./s1. The van der Waals surface area contributed by atoms with Gasteiger partial charge in [0, 0.05) is 6.04 Å². The van der Waals surface area contributed by atoms with E-state index >= 15 is 0 Å². The molecule has 0 aromatic heterocycles. The third kappa shape index (κ3) is 3.37. The van der Waals surface area contributed by atoms with Crippen LogP contribution in [0, 0.1) is 0 Å². The van der Waals surface area contributed by atoms with Crippen molar-refractivity contribution < 1.29 is 9.47 Å². The van der Waals surface area contributed by atoms with E-state index in [2.05, 4.69) is 59.9 Å². The van der Waals surface area contributed by atoms with Crippen molar-refractivity contribution in [1.82, 2.24) is 5.32 Å². The Morgan fingerprint density at radius 1 is 0.962 bits per heavy atom. The van der Waals surface area contributed by atoms with Crippen molar-refractivity contribution in [3.63, 3.8) is 0 Å². The summed E-state index contributed by atoms with van der Waals surface area (Å²) in [5.41, 5.74) is 4.04. The highest BCUT2D eigenvalue weighted by atomic mass is 35.5. The van der Waals surface area contributed by atoms with Crippen molar-refractivity contribution in [2.45, 2.75) is 18.9 Å². The Morgan fingerprint density at radius 3 is 2.50 bits per heavy atom. The van der Waals surface area contributed by atoms with Crippen LogP contribution in [0.3, 0.4) is 0 Å². The zero-order valence-electron chi connectivity index (χ0n) is 15.1. The Balaban J connectivity index is 0.00000196. The van der Waals surface area contributed by atoms with Crippen molar-refractivity contribution in [3.8, 4) is 11.5 Å². The Hall–Kier alpha value is -2.23. The minimum absolute atomic E-state index is 0. The van der Waals surface area contributed by atoms with E-state index in [1.165, 1.54) is 27.5 Å². The molecule has 0 amide bonds. The summed E-state index contributed by atoms with van der Waals surface area (Å²) < 4.78 is 11.0. The molecule has 1 aliphatic heterocycles. The summed E-state index contributed by atoms with van der Waals surface area (Å²) in [6.07, 6.45) is 1.98. The van der Waals surface area contributed by atoms with Gasteiger partial charge in [0.05, 0.1) is 14.2 Å². The van der Waals surface area contributed by atoms with Crippen molar-refractivity contribution in [2.24, 2.45) is 0 Å². The highest BCUT2D eigenvalue weighted by Gasteiger charge is 2.23. The smallest absolute Gasteiger partial charge is 0.161 e. The molecule has 136 valence electrons. The molecule has 1 N–H and O–H groups in total. The van der Waals surface area contributed by atoms with Gasteiger partial charge in [0.1, 0.15) is 0 Å². The van der Waals surface area contributed by atoms with E-state index in [9.17, 15) is 0 Å². The normalized spacial score (nSPS) is 15.8. The van der Waals surface area contributed by atoms with E-state index in [0.717, 1.165) is 30.9 Å². The van der Waals surface area contributed by atoms with Gasteiger partial charge in [-0.25, -0.2) is 0 Å². The van der Waals surface area contributed by atoms with Crippen molar-refractivity contribution >= 4 is 23.2 Å². The van der Waals surface area contributed by atoms with Gasteiger partial charge in [0.2, 0.25) is 0 Å². The van der Waals surface area contributed by atoms with Gasteiger partial charge < -0.3 is 14.8 Å². The van der Waals surface area contributed by atoms with Gasteiger partial charge in [-0.2, -0.15) is 0 Å². The molecule has 3 nitrogen and oxygen atoms in total. The third-order valence-electron chi connectivity index (χ3n) is 5.11. The van der Waals surface area contributed by atoms with Gasteiger partial charge in [-0.3, -0.25) is 0 Å². The van der Waals surface area contributed by atoms with Gasteiger partial charge in [0.15, 0.2) is 11.5 Å². The van der Waals surface area contributed by atoms with E-state index in [1.807, 2.05) is 0 Å². The zero-order valence-corrected chi connectivity index (χ0v) is 15.9. The van der Waals surface area contributed by atoms with Crippen molar-refractivity contribution in [2.75, 3.05) is 20.8 Å². The summed E-state index contributed by atoms with van der Waals surface area (Å²) in [7, 11) is 3.39. The van der Waals surface area contributed by atoms with E-state index in [4.69, 9.17) is 9.47 Å². The summed E-state index contributed by atoms with van der Waals surface area (Å²) in [5.74, 6) is 1.61. The molecule has 26 heavy (non-hydrogen) atoms. The number of ether oxygens (including phenoxy) is 2. The lowest BCUT2D eigenvalue weighted by Gasteiger charge is -2.28. The summed E-state index contributed by atoms with van der Waals surface area (Å²) in [6.45, 7) is 0.984. The van der Waals surface area contributed by atoms with E-state index < -0.39 is 0 Å². The summed E-state index contributed by atoms with van der Waals surface area (Å²) >= 11 is 0. The predicted molar refractivity (Wildman–Crippen MR) is 109 cm³/mol. The molecular weight excluding hydrogens is 346 g/mol. The molecule has 3 aromatic carbocycles. The number of halogens is 1. The number of nitrogens with one attached hydrogen (secondary N) is 1. The third-order valence-corrected chi connectivity index (χ3v) is 5.11. The fraction of sp³-hybridized carbons (Fsp3) is 0.273. The molecule has 1 aliphatic rings. The van der Waals surface area contributed by atoms with E-state index in [-0.39, 0.29) is 18.4 Å². The number of fused-ring (bicyclic) bond motifs is 2. The summed E-state index contributed by atoms with van der Waals surface area (Å²) in [6, 6.07) is 19.7. The fourth-order valence-electron chi connectivity index (χ4n) is 3.84. The van der Waals surface area contributed by atoms with Crippen LogP contribution < -0.4 is 14.8 Å².